The Morgan fingerprint density at radius 2 is 1.63 bits per heavy atom. The Hall–Kier alpha value is -3.61. The van der Waals surface area contributed by atoms with E-state index in [0.717, 1.165) is 17.7 Å². The van der Waals surface area contributed by atoms with Gasteiger partial charge in [0.15, 0.2) is 0 Å². The number of amides is 1. The van der Waals surface area contributed by atoms with E-state index in [0.29, 0.717) is 22.7 Å². The zero-order valence-electron chi connectivity index (χ0n) is 16.1. The smallest absolute Gasteiger partial charge is 0.292 e. The average molecular weight is 409 g/mol. The summed E-state index contributed by atoms with van der Waals surface area (Å²) in [4.78, 5) is 18.8. The fraction of sp³-hybridized carbons (Fsp3) is 0.130. The molecule has 0 spiro atoms. The number of hydrogen-bond acceptors (Lipinski definition) is 2. The maximum absolute atomic E-state index is 12.9. The molecule has 0 saturated carbocycles. The topological polar surface area (TPSA) is 37.6 Å². The number of alkyl halides is 3. The number of halogens is 3. The standard InChI is InChI=1S/C23H18F3N3O/c1-16(30)29(15-17-10-12-19(13-11-17)23(24,25)26)22-21(18-7-3-2-4-8-18)27-20-9-5-6-14-28(20)22/h2-14H,15H2,1H3. The van der Waals surface area contributed by atoms with Crippen LogP contribution in [0.2, 0.25) is 0 Å². The van der Waals surface area contributed by atoms with Crippen molar-refractivity contribution in [3.63, 3.8) is 0 Å². The molecule has 0 N–H and O–H groups in total. The number of hydrogen-bond donors (Lipinski definition) is 0. The summed E-state index contributed by atoms with van der Waals surface area (Å²) < 4.78 is 40.4. The summed E-state index contributed by atoms with van der Waals surface area (Å²) in [5, 5.41) is 0. The Kier molecular flexibility index (Phi) is 5.03. The van der Waals surface area contributed by atoms with Gasteiger partial charge < -0.3 is 0 Å². The Morgan fingerprint density at radius 1 is 0.967 bits per heavy atom. The molecule has 0 aliphatic rings. The van der Waals surface area contributed by atoms with E-state index < -0.39 is 11.7 Å². The van der Waals surface area contributed by atoms with Gasteiger partial charge in [-0.1, -0.05) is 48.5 Å². The summed E-state index contributed by atoms with van der Waals surface area (Å²) in [6.07, 6.45) is -2.59. The maximum Gasteiger partial charge on any atom is 0.416 e. The first kappa shape index (κ1) is 19.7. The number of benzene rings is 2. The molecule has 152 valence electrons. The van der Waals surface area contributed by atoms with Crippen molar-refractivity contribution in [3.8, 4) is 11.3 Å². The molecule has 2 heterocycles. The van der Waals surface area contributed by atoms with Gasteiger partial charge >= 0.3 is 6.18 Å². The van der Waals surface area contributed by atoms with Gasteiger partial charge in [0.2, 0.25) is 5.91 Å². The Morgan fingerprint density at radius 3 is 2.27 bits per heavy atom. The molecule has 1 amide bonds. The van der Waals surface area contributed by atoms with E-state index >= 15 is 0 Å². The molecule has 0 fully saturated rings. The van der Waals surface area contributed by atoms with Gasteiger partial charge in [0.05, 0.1) is 12.1 Å². The highest BCUT2D eigenvalue weighted by Gasteiger charge is 2.30. The fourth-order valence-electron chi connectivity index (χ4n) is 3.35. The van der Waals surface area contributed by atoms with Crippen LogP contribution in [-0.4, -0.2) is 15.3 Å². The molecule has 0 aliphatic carbocycles. The van der Waals surface area contributed by atoms with Crippen LogP contribution < -0.4 is 4.90 Å². The SMILES string of the molecule is CC(=O)N(Cc1ccc(C(F)(F)F)cc1)c1c(-c2ccccc2)nc2ccccn12. The third-order valence-electron chi connectivity index (χ3n) is 4.81. The van der Waals surface area contributed by atoms with Gasteiger partial charge in [0.1, 0.15) is 17.2 Å². The number of imidazole rings is 1. The van der Waals surface area contributed by atoms with Crippen molar-refractivity contribution >= 4 is 17.4 Å². The van der Waals surface area contributed by atoms with Crippen molar-refractivity contribution < 1.29 is 18.0 Å². The van der Waals surface area contributed by atoms with Crippen LogP contribution in [0.4, 0.5) is 19.0 Å². The minimum atomic E-state index is -4.40. The van der Waals surface area contributed by atoms with Gasteiger partial charge in [-0.25, -0.2) is 4.98 Å². The number of pyridine rings is 1. The van der Waals surface area contributed by atoms with Gasteiger partial charge in [-0.15, -0.1) is 0 Å². The molecular weight excluding hydrogens is 391 g/mol. The van der Waals surface area contributed by atoms with Gasteiger partial charge in [-0.05, 0) is 29.8 Å². The summed E-state index contributed by atoms with van der Waals surface area (Å²) >= 11 is 0. The molecule has 2 aromatic heterocycles. The highest BCUT2D eigenvalue weighted by atomic mass is 19.4. The van der Waals surface area contributed by atoms with Crippen molar-refractivity contribution in [2.45, 2.75) is 19.6 Å². The molecule has 30 heavy (non-hydrogen) atoms. The monoisotopic (exact) mass is 409 g/mol. The van der Waals surface area contributed by atoms with E-state index in [4.69, 9.17) is 4.98 Å². The molecule has 0 radical (unpaired) electrons. The molecule has 0 atom stereocenters. The molecular formula is C23H18F3N3O. The number of anilines is 1. The van der Waals surface area contributed by atoms with E-state index in [2.05, 4.69) is 0 Å². The number of aromatic nitrogens is 2. The van der Waals surface area contributed by atoms with Crippen LogP contribution in [-0.2, 0) is 17.5 Å². The first-order chi connectivity index (χ1) is 14.3. The van der Waals surface area contributed by atoms with E-state index in [1.807, 2.05) is 59.1 Å². The largest absolute Gasteiger partial charge is 0.416 e. The summed E-state index contributed by atoms with van der Waals surface area (Å²) in [7, 11) is 0. The van der Waals surface area contributed by atoms with Crippen LogP contribution >= 0.6 is 0 Å². The Labute approximate surface area is 171 Å². The molecule has 0 aliphatic heterocycles. The van der Waals surface area contributed by atoms with Crippen molar-refractivity contribution in [2.24, 2.45) is 0 Å². The van der Waals surface area contributed by atoms with Crippen molar-refractivity contribution in [2.75, 3.05) is 4.90 Å². The second-order valence-corrected chi connectivity index (χ2v) is 6.88. The van der Waals surface area contributed by atoms with Crippen molar-refractivity contribution in [1.29, 1.82) is 0 Å². The highest BCUT2D eigenvalue weighted by Crippen LogP contribution is 2.33. The van der Waals surface area contributed by atoms with E-state index in [-0.39, 0.29) is 12.5 Å². The summed E-state index contributed by atoms with van der Waals surface area (Å²) in [6, 6.07) is 19.8. The minimum Gasteiger partial charge on any atom is -0.292 e. The maximum atomic E-state index is 12.9. The van der Waals surface area contributed by atoms with Crippen molar-refractivity contribution in [1.82, 2.24) is 9.38 Å². The molecule has 4 rings (SSSR count). The van der Waals surface area contributed by atoms with Crippen LogP contribution in [0.5, 0.6) is 0 Å². The van der Waals surface area contributed by atoms with Crippen LogP contribution in [0.1, 0.15) is 18.1 Å². The van der Waals surface area contributed by atoms with Gasteiger partial charge in [-0.3, -0.25) is 14.1 Å². The Balaban J connectivity index is 1.81. The summed E-state index contributed by atoms with van der Waals surface area (Å²) in [6.45, 7) is 1.55. The van der Waals surface area contributed by atoms with Crippen LogP contribution in [0.25, 0.3) is 16.9 Å². The highest BCUT2D eigenvalue weighted by molar-refractivity contribution is 5.95. The predicted octanol–water partition coefficient (Wildman–Crippen LogP) is 5.57. The number of rotatable bonds is 4. The summed E-state index contributed by atoms with van der Waals surface area (Å²) in [5.41, 5.74) is 2.01. The second kappa shape index (κ2) is 7.67. The second-order valence-electron chi connectivity index (χ2n) is 6.88. The van der Waals surface area contributed by atoms with Crippen LogP contribution in [0, 0.1) is 0 Å². The van der Waals surface area contributed by atoms with Gasteiger partial charge in [-0.2, -0.15) is 13.2 Å². The van der Waals surface area contributed by atoms with E-state index in [9.17, 15) is 18.0 Å². The van der Waals surface area contributed by atoms with E-state index in [1.165, 1.54) is 24.0 Å². The lowest BCUT2D eigenvalue weighted by Crippen LogP contribution is -2.29. The Bertz CT molecular complexity index is 1180. The number of nitrogens with zero attached hydrogens (tertiary/aromatic N) is 3. The third kappa shape index (κ3) is 3.78. The minimum absolute atomic E-state index is 0.121. The van der Waals surface area contributed by atoms with Gasteiger partial charge in [0, 0.05) is 18.7 Å². The van der Waals surface area contributed by atoms with Crippen LogP contribution in [0.15, 0.2) is 79.0 Å². The molecule has 0 bridgehead atoms. The predicted molar refractivity (Wildman–Crippen MR) is 109 cm³/mol. The zero-order valence-corrected chi connectivity index (χ0v) is 16.1. The molecule has 4 aromatic rings. The molecule has 2 aromatic carbocycles. The molecule has 7 heteroatoms. The van der Waals surface area contributed by atoms with Crippen LogP contribution in [0.3, 0.4) is 0 Å². The number of carbonyl (C=O) groups is 1. The molecule has 0 saturated heterocycles. The lowest BCUT2D eigenvalue weighted by Gasteiger charge is -2.22. The molecule has 0 unspecified atom stereocenters. The van der Waals surface area contributed by atoms with Crippen molar-refractivity contribution in [3.05, 3.63) is 90.1 Å². The van der Waals surface area contributed by atoms with Gasteiger partial charge in [0.25, 0.3) is 0 Å². The first-order valence-corrected chi connectivity index (χ1v) is 9.31. The molecule has 4 nitrogen and oxygen atoms in total. The van der Waals surface area contributed by atoms with E-state index in [1.54, 1.807) is 0 Å². The number of carbonyl (C=O) groups excluding carboxylic acids is 1. The first-order valence-electron chi connectivity index (χ1n) is 9.31. The summed E-state index contributed by atoms with van der Waals surface area (Å²) in [5.74, 6) is 0.335. The normalized spacial score (nSPS) is 11.6. The number of fused-ring (bicyclic) bond motifs is 1. The fourth-order valence-corrected chi connectivity index (χ4v) is 3.35. The third-order valence-corrected chi connectivity index (χ3v) is 4.81. The quantitative estimate of drug-likeness (QED) is 0.442. The lowest BCUT2D eigenvalue weighted by atomic mass is 10.1. The zero-order chi connectivity index (χ0) is 21.3. The average Bonchev–Trinajstić information content (AvgIpc) is 3.11. The lowest BCUT2D eigenvalue weighted by molar-refractivity contribution is -0.137.